The number of halogens is 4. The maximum Gasteiger partial charge on any atom is 0.144 e. The number of aliphatic hydroxyl groups excluding tert-OH is 1. The van der Waals surface area contributed by atoms with Gasteiger partial charge in [0.1, 0.15) is 11.6 Å². The lowest BCUT2D eigenvalue weighted by Gasteiger charge is -2.14. The van der Waals surface area contributed by atoms with Crippen LogP contribution in [-0.4, -0.2) is 30.8 Å². The Morgan fingerprint density at radius 2 is 2.11 bits per heavy atom. The zero-order valence-corrected chi connectivity index (χ0v) is 12.5. The third-order valence-electron chi connectivity index (χ3n) is 3.15. The normalized spacial score (nSPS) is 22.3. The van der Waals surface area contributed by atoms with Crippen LogP contribution >= 0.6 is 28.3 Å². The Balaban J connectivity index is 0.00000180. The SMILES string of the molecule is Cl.OC1CNCC1CNCc1c(F)ccc(Br)c1F. The third kappa shape index (κ3) is 4.10. The summed E-state index contributed by atoms with van der Waals surface area (Å²) in [5.74, 6) is -1.05. The fraction of sp³-hybridized carbons (Fsp3) is 0.500. The monoisotopic (exact) mass is 356 g/mol. The number of nitrogens with one attached hydrogen (secondary N) is 2. The Morgan fingerprint density at radius 1 is 1.37 bits per heavy atom. The summed E-state index contributed by atoms with van der Waals surface area (Å²) in [7, 11) is 0. The van der Waals surface area contributed by atoms with Gasteiger partial charge in [0.25, 0.3) is 0 Å². The number of aliphatic hydroxyl groups is 1. The summed E-state index contributed by atoms with van der Waals surface area (Å²) in [4.78, 5) is 0. The van der Waals surface area contributed by atoms with Crippen molar-refractivity contribution in [2.24, 2.45) is 5.92 Å². The van der Waals surface area contributed by atoms with Crippen molar-refractivity contribution >= 4 is 28.3 Å². The van der Waals surface area contributed by atoms with Crippen molar-refractivity contribution in [2.45, 2.75) is 12.6 Å². The van der Waals surface area contributed by atoms with Crippen LogP contribution in [0, 0.1) is 17.6 Å². The lowest BCUT2D eigenvalue weighted by atomic mass is 10.1. The zero-order valence-electron chi connectivity index (χ0n) is 10.1. The molecule has 1 aromatic carbocycles. The Hall–Kier alpha value is -0.270. The van der Waals surface area contributed by atoms with Crippen LogP contribution in [0.5, 0.6) is 0 Å². The third-order valence-corrected chi connectivity index (χ3v) is 3.76. The van der Waals surface area contributed by atoms with E-state index in [0.717, 1.165) is 6.54 Å². The van der Waals surface area contributed by atoms with Crippen molar-refractivity contribution in [3.8, 4) is 0 Å². The van der Waals surface area contributed by atoms with Crippen molar-refractivity contribution in [1.82, 2.24) is 10.6 Å². The highest BCUT2D eigenvalue weighted by Gasteiger charge is 2.24. The topological polar surface area (TPSA) is 44.3 Å². The molecule has 0 bridgehead atoms. The van der Waals surface area contributed by atoms with Crippen LogP contribution in [0.4, 0.5) is 8.78 Å². The molecule has 1 fully saturated rings. The highest BCUT2D eigenvalue weighted by Crippen LogP contribution is 2.21. The quantitative estimate of drug-likeness (QED) is 0.720. The molecule has 0 amide bonds. The molecule has 0 aliphatic carbocycles. The summed E-state index contributed by atoms with van der Waals surface area (Å²) in [6, 6.07) is 2.58. The molecule has 1 aliphatic heterocycles. The summed E-state index contributed by atoms with van der Waals surface area (Å²) >= 11 is 3.03. The van der Waals surface area contributed by atoms with Crippen molar-refractivity contribution in [1.29, 1.82) is 0 Å². The molecule has 108 valence electrons. The van der Waals surface area contributed by atoms with E-state index < -0.39 is 17.7 Å². The average molecular weight is 358 g/mol. The maximum absolute atomic E-state index is 13.7. The van der Waals surface area contributed by atoms with Crippen LogP contribution in [0.2, 0.25) is 0 Å². The first-order valence-corrected chi connectivity index (χ1v) is 6.60. The summed E-state index contributed by atoms with van der Waals surface area (Å²) in [5.41, 5.74) is 0.0184. The van der Waals surface area contributed by atoms with E-state index >= 15 is 0 Å². The molecule has 7 heteroatoms. The standard InChI is InChI=1S/C12H15BrF2N2O.ClH/c13-9-1-2-10(14)8(12(9)15)5-16-3-7-4-17-6-11(7)18;/h1-2,7,11,16-18H,3-6H2;1H. The van der Waals surface area contributed by atoms with Gasteiger partial charge in [-0.2, -0.15) is 0 Å². The van der Waals surface area contributed by atoms with Gasteiger partial charge in [-0.05, 0) is 28.1 Å². The van der Waals surface area contributed by atoms with E-state index in [-0.39, 0.29) is 34.9 Å². The van der Waals surface area contributed by atoms with Gasteiger partial charge < -0.3 is 15.7 Å². The van der Waals surface area contributed by atoms with Crippen LogP contribution in [0.1, 0.15) is 5.56 Å². The molecule has 0 aromatic heterocycles. The predicted molar refractivity (Wildman–Crippen MR) is 75.4 cm³/mol. The van der Waals surface area contributed by atoms with Crippen LogP contribution in [0.3, 0.4) is 0 Å². The van der Waals surface area contributed by atoms with Gasteiger partial charge in [-0.1, -0.05) is 0 Å². The van der Waals surface area contributed by atoms with E-state index in [0.29, 0.717) is 13.1 Å². The van der Waals surface area contributed by atoms with Gasteiger partial charge >= 0.3 is 0 Å². The molecule has 0 radical (unpaired) electrons. The van der Waals surface area contributed by atoms with Crippen molar-refractivity contribution in [3.63, 3.8) is 0 Å². The lowest BCUT2D eigenvalue weighted by Crippen LogP contribution is -2.30. The molecule has 19 heavy (non-hydrogen) atoms. The second-order valence-corrected chi connectivity index (χ2v) is 5.29. The first-order chi connectivity index (χ1) is 8.59. The smallest absolute Gasteiger partial charge is 0.144 e. The van der Waals surface area contributed by atoms with Crippen LogP contribution in [-0.2, 0) is 6.54 Å². The second-order valence-electron chi connectivity index (χ2n) is 4.44. The Labute approximate surface area is 125 Å². The molecular formula is C12H16BrClF2N2O. The largest absolute Gasteiger partial charge is 0.391 e. The molecule has 1 aromatic rings. The number of hydrogen-bond acceptors (Lipinski definition) is 3. The van der Waals surface area contributed by atoms with Crippen LogP contribution < -0.4 is 10.6 Å². The minimum Gasteiger partial charge on any atom is -0.391 e. The number of β-amino-alcohol motifs (C(OH)–C–C–N with tert-alkyl or cyclic N) is 1. The molecule has 2 rings (SSSR count). The lowest BCUT2D eigenvalue weighted by molar-refractivity contribution is 0.146. The fourth-order valence-corrected chi connectivity index (χ4v) is 2.41. The fourth-order valence-electron chi connectivity index (χ4n) is 2.04. The van der Waals surface area contributed by atoms with Crippen LogP contribution in [0.25, 0.3) is 0 Å². The summed E-state index contributed by atoms with van der Waals surface area (Å²) in [6.45, 7) is 1.93. The minimum atomic E-state index is -0.576. The molecule has 1 heterocycles. The minimum absolute atomic E-state index is 0. The molecule has 1 aliphatic rings. The molecule has 0 spiro atoms. The van der Waals surface area contributed by atoms with E-state index in [1.165, 1.54) is 12.1 Å². The van der Waals surface area contributed by atoms with Gasteiger partial charge in [0, 0.05) is 37.7 Å². The molecule has 2 atom stereocenters. The van der Waals surface area contributed by atoms with Crippen molar-refractivity contribution in [2.75, 3.05) is 19.6 Å². The molecular weight excluding hydrogens is 341 g/mol. The summed E-state index contributed by atoms with van der Waals surface area (Å²) in [5, 5.41) is 15.6. The van der Waals surface area contributed by atoms with E-state index in [2.05, 4.69) is 26.6 Å². The molecule has 3 nitrogen and oxygen atoms in total. The van der Waals surface area contributed by atoms with Gasteiger partial charge in [0.15, 0.2) is 0 Å². The number of benzene rings is 1. The molecule has 1 saturated heterocycles. The Morgan fingerprint density at radius 3 is 2.74 bits per heavy atom. The van der Waals surface area contributed by atoms with Gasteiger partial charge in [0.2, 0.25) is 0 Å². The van der Waals surface area contributed by atoms with Gasteiger partial charge in [-0.3, -0.25) is 0 Å². The highest BCUT2D eigenvalue weighted by molar-refractivity contribution is 9.10. The summed E-state index contributed by atoms with van der Waals surface area (Å²) < 4.78 is 27.3. The first kappa shape index (κ1) is 16.8. The van der Waals surface area contributed by atoms with E-state index in [1.54, 1.807) is 0 Å². The highest BCUT2D eigenvalue weighted by atomic mass is 79.9. The van der Waals surface area contributed by atoms with Crippen molar-refractivity contribution in [3.05, 3.63) is 33.8 Å². The van der Waals surface area contributed by atoms with Gasteiger partial charge in [-0.15, -0.1) is 12.4 Å². The Bertz CT molecular complexity index is 436. The summed E-state index contributed by atoms with van der Waals surface area (Å²) in [6.07, 6.45) is -0.394. The molecule has 2 unspecified atom stereocenters. The number of rotatable bonds is 4. The maximum atomic E-state index is 13.7. The average Bonchev–Trinajstić information content (AvgIpc) is 2.74. The molecule has 0 saturated carbocycles. The van der Waals surface area contributed by atoms with E-state index in [1.807, 2.05) is 0 Å². The predicted octanol–water partition coefficient (Wildman–Crippen LogP) is 1.82. The Kier molecular flexibility index (Phi) is 6.62. The second kappa shape index (κ2) is 7.50. The van der Waals surface area contributed by atoms with Crippen LogP contribution in [0.15, 0.2) is 16.6 Å². The van der Waals surface area contributed by atoms with Gasteiger partial charge in [-0.25, -0.2) is 8.78 Å². The van der Waals surface area contributed by atoms with Crippen molar-refractivity contribution < 1.29 is 13.9 Å². The van der Waals surface area contributed by atoms with E-state index in [9.17, 15) is 13.9 Å². The first-order valence-electron chi connectivity index (χ1n) is 5.81. The molecule has 3 N–H and O–H groups in total. The van der Waals surface area contributed by atoms with E-state index in [4.69, 9.17) is 0 Å². The number of hydrogen-bond donors (Lipinski definition) is 3. The zero-order chi connectivity index (χ0) is 13.1. The van der Waals surface area contributed by atoms with Gasteiger partial charge in [0.05, 0.1) is 10.6 Å².